The molecule has 1 fully saturated rings. The molecule has 0 amide bonds. The fourth-order valence-electron chi connectivity index (χ4n) is 2.10. The van der Waals surface area contributed by atoms with E-state index in [-0.39, 0.29) is 19.0 Å². The Hall–Kier alpha value is -0.310. The van der Waals surface area contributed by atoms with Crippen LogP contribution in [0.15, 0.2) is 0 Å². The van der Waals surface area contributed by atoms with Crippen LogP contribution in [0.2, 0.25) is 0 Å². The van der Waals surface area contributed by atoms with E-state index in [1.165, 1.54) is 18.5 Å². The molecular formula is C11H22N2O4S2. The van der Waals surface area contributed by atoms with E-state index in [4.69, 9.17) is 0 Å². The van der Waals surface area contributed by atoms with Crippen molar-refractivity contribution in [2.24, 2.45) is 0 Å². The standard InChI is InChI=1S/C11H22N2O4S2/c1-13(8-7-11(14)17-2)19(15,16)12-9-5-4-6-10(9)18-3/h9-10,12H,4-8H2,1-3H3. The van der Waals surface area contributed by atoms with Gasteiger partial charge in [-0.2, -0.15) is 29.2 Å². The Morgan fingerprint density at radius 3 is 2.74 bits per heavy atom. The smallest absolute Gasteiger partial charge is 0.306 e. The molecule has 2 unspecified atom stereocenters. The molecule has 1 aliphatic rings. The fraction of sp³-hybridized carbons (Fsp3) is 0.909. The second-order valence-corrected chi connectivity index (χ2v) is 7.47. The summed E-state index contributed by atoms with van der Waals surface area (Å²) >= 11 is 1.70. The maximum atomic E-state index is 12.1. The number of rotatable bonds is 7. The van der Waals surface area contributed by atoms with Crippen LogP contribution in [-0.2, 0) is 19.7 Å². The first-order chi connectivity index (χ1) is 8.90. The van der Waals surface area contributed by atoms with Gasteiger partial charge in [0.25, 0.3) is 10.2 Å². The van der Waals surface area contributed by atoms with Crippen molar-refractivity contribution in [3.05, 3.63) is 0 Å². The van der Waals surface area contributed by atoms with E-state index in [2.05, 4.69) is 9.46 Å². The molecule has 1 rings (SSSR count). The number of methoxy groups -OCH3 is 1. The van der Waals surface area contributed by atoms with Gasteiger partial charge in [0.05, 0.1) is 13.5 Å². The highest BCUT2D eigenvalue weighted by atomic mass is 32.2. The quantitative estimate of drug-likeness (QED) is 0.697. The lowest BCUT2D eigenvalue weighted by Gasteiger charge is -2.23. The van der Waals surface area contributed by atoms with E-state index in [0.717, 1.165) is 19.3 Å². The first-order valence-corrected chi connectivity index (χ1v) is 8.96. The van der Waals surface area contributed by atoms with Crippen LogP contribution in [0, 0.1) is 0 Å². The molecular weight excluding hydrogens is 288 g/mol. The minimum absolute atomic E-state index is 0.0134. The molecule has 19 heavy (non-hydrogen) atoms. The van der Waals surface area contributed by atoms with Crippen LogP contribution in [-0.4, -0.2) is 56.9 Å². The van der Waals surface area contributed by atoms with Gasteiger partial charge in [-0.1, -0.05) is 6.42 Å². The second kappa shape index (κ2) is 7.47. The lowest BCUT2D eigenvalue weighted by Crippen LogP contribution is -2.46. The molecule has 0 saturated heterocycles. The van der Waals surface area contributed by atoms with Crippen LogP contribution in [0.3, 0.4) is 0 Å². The van der Waals surface area contributed by atoms with Crippen molar-refractivity contribution < 1.29 is 17.9 Å². The summed E-state index contributed by atoms with van der Waals surface area (Å²) in [6.45, 7) is 0.124. The molecule has 6 nitrogen and oxygen atoms in total. The first kappa shape index (κ1) is 16.7. The van der Waals surface area contributed by atoms with E-state index >= 15 is 0 Å². The molecule has 8 heteroatoms. The van der Waals surface area contributed by atoms with Crippen molar-refractivity contribution in [3.8, 4) is 0 Å². The largest absolute Gasteiger partial charge is 0.469 e. The third kappa shape index (κ3) is 4.94. The van der Waals surface area contributed by atoms with Crippen LogP contribution in [0.1, 0.15) is 25.7 Å². The number of ether oxygens (including phenoxy) is 1. The van der Waals surface area contributed by atoms with Gasteiger partial charge >= 0.3 is 5.97 Å². The maximum absolute atomic E-state index is 12.1. The number of nitrogens with zero attached hydrogens (tertiary/aromatic N) is 1. The average molecular weight is 310 g/mol. The lowest BCUT2D eigenvalue weighted by atomic mass is 10.3. The highest BCUT2D eigenvalue weighted by Gasteiger charge is 2.31. The summed E-state index contributed by atoms with van der Waals surface area (Å²) in [6, 6.07) is -0.0134. The Kier molecular flexibility index (Phi) is 6.58. The van der Waals surface area contributed by atoms with E-state index < -0.39 is 16.2 Å². The van der Waals surface area contributed by atoms with Gasteiger partial charge in [-0.25, -0.2) is 0 Å². The summed E-state index contributed by atoms with van der Waals surface area (Å²) in [5.41, 5.74) is 0. The van der Waals surface area contributed by atoms with Crippen molar-refractivity contribution in [1.82, 2.24) is 9.03 Å². The molecule has 112 valence electrons. The maximum Gasteiger partial charge on any atom is 0.306 e. The summed E-state index contributed by atoms with van der Waals surface area (Å²) in [5, 5.41) is 0.337. The number of esters is 1. The summed E-state index contributed by atoms with van der Waals surface area (Å²) < 4.78 is 32.6. The molecule has 0 aromatic rings. The molecule has 2 atom stereocenters. The Morgan fingerprint density at radius 1 is 1.47 bits per heavy atom. The number of thioether (sulfide) groups is 1. The summed E-state index contributed by atoms with van der Waals surface area (Å²) in [7, 11) is -0.773. The topological polar surface area (TPSA) is 75.7 Å². The molecule has 1 saturated carbocycles. The monoisotopic (exact) mass is 310 g/mol. The van der Waals surface area contributed by atoms with Crippen molar-refractivity contribution >= 4 is 27.9 Å². The number of hydrogen-bond acceptors (Lipinski definition) is 5. The normalized spacial score (nSPS) is 23.8. The van der Waals surface area contributed by atoms with Gasteiger partial charge in [0.15, 0.2) is 0 Å². The summed E-state index contributed by atoms with van der Waals surface area (Å²) in [6.07, 6.45) is 5.02. The van der Waals surface area contributed by atoms with Gasteiger partial charge in [-0.05, 0) is 19.1 Å². The predicted molar refractivity (Wildman–Crippen MR) is 76.3 cm³/mol. The van der Waals surface area contributed by atoms with Crippen molar-refractivity contribution in [2.75, 3.05) is 27.0 Å². The van der Waals surface area contributed by atoms with Gasteiger partial charge in [0, 0.05) is 24.9 Å². The Bertz CT molecular complexity index is 399. The van der Waals surface area contributed by atoms with Crippen LogP contribution in [0.4, 0.5) is 0 Å². The van der Waals surface area contributed by atoms with Crippen molar-refractivity contribution in [2.45, 2.75) is 37.0 Å². The van der Waals surface area contributed by atoms with Gasteiger partial charge < -0.3 is 4.74 Å². The summed E-state index contributed by atoms with van der Waals surface area (Å²) in [4.78, 5) is 11.0. The Balaban J connectivity index is 2.52. The molecule has 1 N–H and O–H groups in total. The van der Waals surface area contributed by atoms with Crippen LogP contribution in [0.5, 0.6) is 0 Å². The highest BCUT2D eigenvalue weighted by molar-refractivity contribution is 7.99. The van der Waals surface area contributed by atoms with Gasteiger partial charge in [0.2, 0.25) is 0 Å². The van der Waals surface area contributed by atoms with Gasteiger partial charge in [-0.15, -0.1) is 0 Å². The molecule has 0 aromatic heterocycles. The molecule has 0 aliphatic heterocycles. The van der Waals surface area contributed by atoms with E-state index in [1.807, 2.05) is 6.26 Å². The van der Waals surface area contributed by atoms with Crippen LogP contribution >= 0.6 is 11.8 Å². The predicted octanol–water partition coefficient (Wildman–Crippen LogP) is 0.600. The van der Waals surface area contributed by atoms with Crippen LogP contribution in [0.25, 0.3) is 0 Å². The first-order valence-electron chi connectivity index (χ1n) is 6.24. The number of nitrogens with one attached hydrogen (secondary N) is 1. The number of carbonyl (C=O) groups excluding carboxylic acids is 1. The fourth-order valence-corrected chi connectivity index (χ4v) is 4.29. The number of carbonyl (C=O) groups is 1. The zero-order valence-electron chi connectivity index (χ0n) is 11.6. The van der Waals surface area contributed by atoms with E-state index in [1.54, 1.807) is 11.8 Å². The van der Waals surface area contributed by atoms with Gasteiger partial charge in [0.1, 0.15) is 0 Å². The van der Waals surface area contributed by atoms with E-state index in [0.29, 0.717) is 5.25 Å². The average Bonchev–Trinajstić information content (AvgIpc) is 2.81. The van der Waals surface area contributed by atoms with Crippen molar-refractivity contribution in [1.29, 1.82) is 0 Å². The SMILES string of the molecule is COC(=O)CCN(C)S(=O)(=O)NC1CCCC1SC. The number of hydrogen-bond donors (Lipinski definition) is 1. The zero-order chi connectivity index (χ0) is 14.5. The zero-order valence-corrected chi connectivity index (χ0v) is 13.2. The molecule has 0 bridgehead atoms. The molecule has 0 aromatic carbocycles. The van der Waals surface area contributed by atoms with Crippen molar-refractivity contribution in [3.63, 3.8) is 0 Å². The third-order valence-electron chi connectivity index (χ3n) is 3.32. The second-order valence-electron chi connectivity index (χ2n) is 4.58. The Morgan fingerprint density at radius 2 is 2.16 bits per heavy atom. The minimum atomic E-state index is -3.53. The van der Waals surface area contributed by atoms with E-state index in [9.17, 15) is 13.2 Å². The minimum Gasteiger partial charge on any atom is -0.469 e. The van der Waals surface area contributed by atoms with Crippen LogP contribution < -0.4 is 4.72 Å². The molecule has 0 spiro atoms. The third-order valence-corrected chi connectivity index (χ3v) is 6.10. The highest BCUT2D eigenvalue weighted by Crippen LogP contribution is 2.28. The molecule has 0 radical (unpaired) electrons. The summed E-state index contributed by atoms with van der Waals surface area (Å²) in [5.74, 6) is -0.412. The Labute approximate surface area is 119 Å². The molecule has 1 aliphatic carbocycles. The van der Waals surface area contributed by atoms with Gasteiger partial charge in [-0.3, -0.25) is 4.79 Å². The lowest BCUT2D eigenvalue weighted by molar-refractivity contribution is -0.140. The molecule has 0 heterocycles.